The number of nitrogens with one attached hydrogen (secondary N) is 1. The first-order valence-electron chi connectivity index (χ1n) is 10.0. The lowest BCUT2D eigenvalue weighted by Crippen LogP contribution is -2.42. The largest absolute Gasteiger partial charge is 0.355 e. The second kappa shape index (κ2) is 8.39. The van der Waals surface area contributed by atoms with Crippen LogP contribution in [-0.2, 0) is 0 Å². The Morgan fingerprint density at radius 3 is 2.61 bits per heavy atom. The Balaban J connectivity index is 1.28. The lowest BCUT2D eigenvalue weighted by molar-refractivity contribution is 0.0916. The molecule has 1 aliphatic heterocycles. The predicted octanol–water partition coefficient (Wildman–Crippen LogP) is 4.00. The highest BCUT2D eigenvalue weighted by Crippen LogP contribution is 2.28. The molecule has 28 heavy (non-hydrogen) atoms. The summed E-state index contributed by atoms with van der Waals surface area (Å²) >= 11 is 0. The van der Waals surface area contributed by atoms with Crippen LogP contribution in [-0.4, -0.2) is 41.6 Å². The van der Waals surface area contributed by atoms with Gasteiger partial charge in [-0.2, -0.15) is 0 Å². The maximum Gasteiger partial charge on any atom is 0.273 e. The molecule has 0 unspecified atom stereocenters. The van der Waals surface area contributed by atoms with Crippen molar-refractivity contribution in [2.45, 2.75) is 44.6 Å². The minimum absolute atomic E-state index is 0.0761. The Morgan fingerprint density at radius 1 is 1.14 bits per heavy atom. The van der Waals surface area contributed by atoms with Crippen LogP contribution < -0.4 is 5.32 Å². The van der Waals surface area contributed by atoms with Crippen molar-refractivity contribution in [3.05, 3.63) is 41.6 Å². The molecule has 1 N–H and O–H groups in total. The number of halogens is 2. The van der Waals surface area contributed by atoms with Gasteiger partial charge in [0, 0.05) is 24.7 Å². The zero-order valence-corrected chi connectivity index (χ0v) is 15.8. The number of carbonyl (C=O) groups excluding carboxylic acids is 1. The van der Waals surface area contributed by atoms with Crippen LogP contribution in [0, 0.1) is 17.6 Å². The van der Waals surface area contributed by atoms with Crippen LogP contribution in [0.2, 0.25) is 0 Å². The van der Waals surface area contributed by atoms with Crippen LogP contribution in [0.25, 0.3) is 11.3 Å². The molecule has 2 aromatic rings. The topological polar surface area (TPSA) is 58.4 Å². The normalized spacial score (nSPS) is 19.2. The van der Waals surface area contributed by atoms with E-state index in [0.29, 0.717) is 12.5 Å². The molecule has 0 bridgehead atoms. The van der Waals surface area contributed by atoms with Crippen LogP contribution in [0.4, 0.5) is 8.78 Å². The third kappa shape index (κ3) is 4.24. The van der Waals surface area contributed by atoms with E-state index in [9.17, 15) is 13.6 Å². The number of piperidine rings is 1. The molecule has 150 valence electrons. The van der Waals surface area contributed by atoms with Gasteiger partial charge in [-0.1, -0.05) is 18.0 Å². The van der Waals surface area contributed by atoms with E-state index in [-0.39, 0.29) is 22.9 Å². The van der Waals surface area contributed by atoms with Crippen LogP contribution in [0.15, 0.2) is 28.8 Å². The van der Waals surface area contributed by atoms with E-state index < -0.39 is 11.6 Å². The van der Waals surface area contributed by atoms with Crippen LogP contribution in [0.5, 0.6) is 0 Å². The molecule has 0 radical (unpaired) electrons. The SMILES string of the molecule is O=C(NCC1CCN(C2CCCC2)CC1)c1cc(-c2ccc(F)cc2F)on1. The van der Waals surface area contributed by atoms with Crippen molar-refractivity contribution in [3.8, 4) is 11.3 Å². The summed E-state index contributed by atoms with van der Waals surface area (Å²) in [4.78, 5) is 15.0. The average Bonchev–Trinajstić information content (AvgIpc) is 3.39. The van der Waals surface area contributed by atoms with Gasteiger partial charge in [-0.05, 0) is 56.8 Å². The Bertz CT molecular complexity index is 825. The summed E-state index contributed by atoms with van der Waals surface area (Å²) in [6, 6.07) is 5.32. The molecule has 1 saturated heterocycles. The molecule has 7 heteroatoms. The van der Waals surface area contributed by atoms with Crippen molar-refractivity contribution in [1.29, 1.82) is 0 Å². The van der Waals surface area contributed by atoms with Crippen molar-refractivity contribution >= 4 is 5.91 Å². The summed E-state index contributed by atoms with van der Waals surface area (Å²) in [6.45, 7) is 2.80. The maximum absolute atomic E-state index is 13.8. The number of aromatic nitrogens is 1. The molecule has 4 rings (SSSR count). The van der Waals surface area contributed by atoms with Gasteiger partial charge in [0.1, 0.15) is 11.6 Å². The Kier molecular flexibility index (Phi) is 5.71. The van der Waals surface area contributed by atoms with E-state index in [1.165, 1.54) is 37.8 Å². The van der Waals surface area contributed by atoms with Gasteiger partial charge in [-0.3, -0.25) is 4.79 Å². The van der Waals surface area contributed by atoms with Gasteiger partial charge in [0.05, 0.1) is 5.56 Å². The number of amides is 1. The minimum atomic E-state index is -0.753. The smallest absolute Gasteiger partial charge is 0.273 e. The van der Waals surface area contributed by atoms with Crippen LogP contribution >= 0.6 is 0 Å². The molecular formula is C21H25F2N3O2. The molecule has 1 aliphatic carbocycles. The quantitative estimate of drug-likeness (QED) is 0.840. The van der Waals surface area contributed by atoms with Crippen LogP contribution in [0.3, 0.4) is 0 Å². The second-order valence-electron chi connectivity index (χ2n) is 7.83. The summed E-state index contributed by atoms with van der Waals surface area (Å²) < 4.78 is 32.0. The van der Waals surface area contributed by atoms with Crippen molar-refractivity contribution in [3.63, 3.8) is 0 Å². The molecule has 2 heterocycles. The van der Waals surface area contributed by atoms with E-state index in [2.05, 4.69) is 15.4 Å². The van der Waals surface area contributed by atoms with Gasteiger partial charge in [-0.25, -0.2) is 8.78 Å². The molecule has 5 nitrogen and oxygen atoms in total. The highest BCUT2D eigenvalue weighted by molar-refractivity contribution is 5.93. The van der Waals surface area contributed by atoms with Crippen molar-refractivity contribution in [1.82, 2.24) is 15.4 Å². The fourth-order valence-electron chi connectivity index (χ4n) is 4.32. The van der Waals surface area contributed by atoms with Gasteiger partial charge >= 0.3 is 0 Å². The number of carbonyl (C=O) groups is 1. The van der Waals surface area contributed by atoms with Gasteiger partial charge < -0.3 is 14.7 Å². The monoisotopic (exact) mass is 389 g/mol. The number of hydrogen-bond donors (Lipinski definition) is 1. The molecule has 1 aromatic carbocycles. The Labute approximate surface area is 163 Å². The summed E-state index contributed by atoms with van der Waals surface area (Å²) in [7, 11) is 0. The van der Waals surface area contributed by atoms with Gasteiger partial charge in [0.25, 0.3) is 5.91 Å². The first-order chi connectivity index (χ1) is 13.6. The number of nitrogens with zero attached hydrogens (tertiary/aromatic N) is 2. The number of rotatable bonds is 5. The highest BCUT2D eigenvalue weighted by Gasteiger charge is 2.27. The summed E-state index contributed by atoms with van der Waals surface area (Å²) in [5.41, 5.74) is 0.175. The molecule has 2 fully saturated rings. The molecule has 0 atom stereocenters. The lowest BCUT2D eigenvalue weighted by atomic mass is 9.95. The number of likely N-dealkylation sites (tertiary alicyclic amines) is 1. The lowest BCUT2D eigenvalue weighted by Gasteiger charge is -2.36. The van der Waals surface area contributed by atoms with E-state index in [4.69, 9.17) is 4.52 Å². The van der Waals surface area contributed by atoms with Crippen molar-refractivity contribution < 1.29 is 18.1 Å². The average molecular weight is 389 g/mol. The zero-order chi connectivity index (χ0) is 19.5. The Hall–Kier alpha value is -2.28. The fraction of sp³-hybridized carbons (Fsp3) is 0.524. The Morgan fingerprint density at radius 2 is 1.89 bits per heavy atom. The van der Waals surface area contributed by atoms with Gasteiger partial charge in [-0.15, -0.1) is 0 Å². The predicted molar refractivity (Wildman–Crippen MR) is 101 cm³/mol. The molecule has 0 spiro atoms. The summed E-state index contributed by atoms with van der Waals surface area (Å²) in [6.07, 6.45) is 7.52. The standard InChI is InChI=1S/C21H25F2N3O2/c22-15-5-6-17(18(23)11-15)20-12-19(25-28-20)21(27)24-13-14-7-9-26(10-8-14)16-3-1-2-4-16/h5-6,11-12,14,16H,1-4,7-10,13H2,(H,24,27). The van der Waals surface area contributed by atoms with Crippen molar-refractivity contribution in [2.75, 3.05) is 19.6 Å². The molecule has 2 aliphatic rings. The molecular weight excluding hydrogens is 364 g/mol. The minimum Gasteiger partial charge on any atom is -0.355 e. The van der Waals surface area contributed by atoms with Gasteiger partial charge in [0.2, 0.25) is 0 Å². The molecule has 1 amide bonds. The summed E-state index contributed by atoms with van der Waals surface area (Å²) in [5, 5.41) is 6.64. The van der Waals surface area contributed by atoms with E-state index in [1.807, 2.05) is 0 Å². The first-order valence-corrected chi connectivity index (χ1v) is 10.0. The van der Waals surface area contributed by atoms with Gasteiger partial charge in [0.15, 0.2) is 11.5 Å². The highest BCUT2D eigenvalue weighted by atomic mass is 19.1. The first kappa shape index (κ1) is 19.1. The van der Waals surface area contributed by atoms with E-state index in [0.717, 1.165) is 44.1 Å². The van der Waals surface area contributed by atoms with E-state index >= 15 is 0 Å². The second-order valence-corrected chi connectivity index (χ2v) is 7.83. The number of hydrogen-bond acceptors (Lipinski definition) is 4. The molecule has 1 saturated carbocycles. The number of benzene rings is 1. The third-order valence-corrected chi connectivity index (χ3v) is 5.98. The third-order valence-electron chi connectivity index (χ3n) is 5.98. The maximum atomic E-state index is 13.8. The zero-order valence-electron chi connectivity index (χ0n) is 15.8. The van der Waals surface area contributed by atoms with Crippen molar-refractivity contribution in [2.24, 2.45) is 5.92 Å². The van der Waals surface area contributed by atoms with Crippen LogP contribution in [0.1, 0.15) is 49.0 Å². The molecule has 1 aromatic heterocycles. The fourth-order valence-corrected chi connectivity index (χ4v) is 4.32. The van der Waals surface area contributed by atoms with E-state index in [1.54, 1.807) is 0 Å². The summed E-state index contributed by atoms with van der Waals surface area (Å²) in [5.74, 6) is -1.19.